The van der Waals surface area contributed by atoms with Gasteiger partial charge in [-0.15, -0.1) is 0 Å². The number of hydrogen-bond donors (Lipinski definition) is 1. The lowest BCUT2D eigenvalue weighted by Gasteiger charge is -2.45. The molecule has 1 N–H and O–H groups in total. The molecule has 6 heteroatoms. The summed E-state index contributed by atoms with van der Waals surface area (Å²) in [6, 6.07) is 22.3. The number of nitrogens with zero attached hydrogens (tertiary/aromatic N) is 1. The Bertz CT molecular complexity index is 1180. The van der Waals surface area contributed by atoms with Crippen molar-refractivity contribution in [3.8, 4) is 5.75 Å². The Hall–Kier alpha value is -2.82. The van der Waals surface area contributed by atoms with Crippen LogP contribution in [0, 0.1) is 5.92 Å². The lowest BCUT2D eigenvalue weighted by Crippen LogP contribution is -2.36. The average Bonchev–Trinajstić information content (AvgIpc) is 2.82. The van der Waals surface area contributed by atoms with Crippen LogP contribution in [0.3, 0.4) is 0 Å². The molecule has 0 heterocycles. The van der Waals surface area contributed by atoms with Gasteiger partial charge < -0.3 is 4.74 Å². The van der Waals surface area contributed by atoms with E-state index in [1.807, 2.05) is 6.92 Å². The third kappa shape index (κ3) is 3.78. The van der Waals surface area contributed by atoms with Crippen molar-refractivity contribution < 1.29 is 9.53 Å². The highest BCUT2D eigenvalue weighted by atomic mass is 35.5. The van der Waals surface area contributed by atoms with Crippen LogP contribution in [0.1, 0.15) is 47.4 Å². The molecule has 4 nitrogen and oxygen atoms in total. The largest absolute Gasteiger partial charge is 0.482 e. The van der Waals surface area contributed by atoms with Crippen molar-refractivity contribution in [2.24, 2.45) is 11.0 Å². The van der Waals surface area contributed by atoms with E-state index in [1.165, 1.54) is 22.3 Å². The number of halogens is 2. The van der Waals surface area contributed by atoms with Crippen molar-refractivity contribution >= 4 is 34.8 Å². The monoisotopic (exact) mass is 464 g/mol. The van der Waals surface area contributed by atoms with Crippen LogP contribution >= 0.6 is 23.2 Å². The quantitative estimate of drug-likeness (QED) is 0.362. The summed E-state index contributed by atoms with van der Waals surface area (Å²) in [7, 11) is 0. The fourth-order valence-corrected chi connectivity index (χ4v) is 5.51. The van der Waals surface area contributed by atoms with Crippen molar-refractivity contribution in [1.29, 1.82) is 0 Å². The molecule has 0 spiro atoms. The second-order valence-electron chi connectivity index (χ2n) is 8.28. The summed E-state index contributed by atoms with van der Waals surface area (Å²) in [6.07, 6.45) is 0.987. The molecule has 0 saturated carbocycles. The molecule has 2 bridgehead atoms. The molecule has 0 aromatic heterocycles. The number of nitrogens with one attached hydrogen (secondary N) is 1. The summed E-state index contributed by atoms with van der Waals surface area (Å²) in [5, 5.41) is 5.32. The summed E-state index contributed by atoms with van der Waals surface area (Å²) >= 11 is 12.0. The van der Waals surface area contributed by atoms with E-state index in [-0.39, 0.29) is 24.3 Å². The third-order valence-corrected chi connectivity index (χ3v) is 6.98. The summed E-state index contributed by atoms with van der Waals surface area (Å²) in [6.45, 7) is 1.81. The van der Waals surface area contributed by atoms with Crippen LogP contribution in [0.15, 0.2) is 71.8 Å². The molecule has 0 aliphatic heterocycles. The molecule has 162 valence electrons. The first-order valence-electron chi connectivity index (χ1n) is 10.6. The molecule has 1 amide bonds. The number of fused-ring (bicyclic) bond motifs is 1. The maximum Gasteiger partial charge on any atom is 0.277 e. The number of ether oxygens (including phenoxy) is 1. The van der Waals surface area contributed by atoms with E-state index >= 15 is 0 Å². The first-order valence-corrected chi connectivity index (χ1v) is 11.4. The minimum atomic E-state index is -0.336. The summed E-state index contributed by atoms with van der Waals surface area (Å²) < 4.78 is 5.50. The van der Waals surface area contributed by atoms with E-state index in [2.05, 4.69) is 59.1 Å². The van der Waals surface area contributed by atoms with Gasteiger partial charge >= 0.3 is 0 Å². The van der Waals surface area contributed by atoms with Gasteiger partial charge in [0.2, 0.25) is 0 Å². The highest BCUT2D eigenvalue weighted by molar-refractivity contribution is 6.35. The number of benzene rings is 3. The minimum absolute atomic E-state index is 0.180. The molecular formula is C26H22Cl2N2O2. The lowest BCUT2D eigenvalue weighted by molar-refractivity contribution is -0.123. The van der Waals surface area contributed by atoms with Crippen molar-refractivity contribution in [1.82, 2.24) is 5.43 Å². The van der Waals surface area contributed by atoms with Gasteiger partial charge in [0.05, 0.1) is 5.02 Å². The molecule has 32 heavy (non-hydrogen) atoms. The Balaban J connectivity index is 1.31. The topological polar surface area (TPSA) is 50.7 Å². The summed E-state index contributed by atoms with van der Waals surface area (Å²) in [5.74, 6) is 0.907. The zero-order valence-electron chi connectivity index (χ0n) is 17.5. The molecule has 6 rings (SSSR count). The second kappa shape index (κ2) is 8.61. The molecule has 0 radical (unpaired) electrons. The molecule has 3 aromatic carbocycles. The van der Waals surface area contributed by atoms with Crippen LogP contribution < -0.4 is 10.2 Å². The van der Waals surface area contributed by atoms with Crippen molar-refractivity contribution in [2.45, 2.75) is 25.2 Å². The van der Waals surface area contributed by atoms with Crippen molar-refractivity contribution in [3.63, 3.8) is 0 Å². The van der Waals surface area contributed by atoms with E-state index in [4.69, 9.17) is 27.9 Å². The fraction of sp³-hybridized carbons (Fsp3) is 0.231. The van der Waals surface area contributed by atoms with Gasteiger partial charge in [0.1, 0.15) is 5.75 Å². The standard InChI is InChI=1S/C26H22Cl2N2O2/c1-15(29-30-25(31)14-32-24-11-10-16(27)12-23(24)28)21-13-22-17-6-2-4-8-19(17)26(21)20-9-5-3-7-18(20)22/h2-12,21-22,26H,13-14H2,1H3,(H,30,31)/t21-,22?,26?/m0/s1. The number of hydrogen-bond acceptors (Lipinski definition) is 3. The van der Waals surface area contributed by atoms with E-state index < -0.39 is 0 Å². The Morgan fingerprint density at radius 3 is 2.25 bits per heavy atom. The van der Waals surface area contributed by atoms with Crippen LogP contribution in [0.5, 0.6) is 5.75 Å². The van der Waals surface area contributed by atoms with Crippen LogP contribution in [-0.4, -0.2) is 18.2 Å². The zero-order valence-corrected chi connectivity index (χ0v) is 19.0. The predicted molar refractivity (Wildman–Crippen MR) is 128 cm³/mol. The van der Waals surface area contributed by atoms with Crippen LogP contribution in [0.25, 0.3) is 0 Å². The van der Waals surface area contributed by atoms with Crippen LogP contribution in [-0.2, 0) is 4.79 Å². The maximum absolute atomic E-state index is 12.3. The van der Waals surface area contributed by atoms with Gasteiger partial charge in [-0.05, 0) is 53.8 Å². The van der Waals surface area contributed by atoms with Crippen LogP contribution in [0.4, 0.5) is 0 Å². The van der Waals surface area contributed by atoms with Gasteiger partial charge in [0, 0.05) is 28.5 Å². The van der Waals surface area contributed by atoms with Gasteiger partial charge in [0.25, 0.3) is 5.91 Å². The number of rotatable bonds is 5. The molecule has 1 atom stereocenters. The van der Waals surface area contributed by atoms with Crippen LogP contribution in [0.2, 0.25) is 10.0 Å². The molecule has 3 aliphatic rings. The van der Waals surface area contributed by atoms with Gasteiger partial charge in [-0.1, -0.05) is 71.7 Å². The molecule has 0 saturated heterocycles. The summed E-state index contributed by atoms with van der Waals surface area (Å²) in [4.78, 5) is 12.3. The van der Waals surface area contributed by atoms with Gasteiger partial charge in [-0.2, -0.15) is 5.10 Å². The average molecular weight is 465 g/mol. The number of carbonyl (C=O) groups excluding carboxylic acids is 1. The van der Waals surface area contributed by atoms with E-state index in [0.717, 1.165) is 12.1 Å². The third-order valence-electron chi connectivity index (χ3n) is 6.45. The van der Waals surface area contributed by atoms with Gasteiger partial charge in [-0.25, -0.2) is 5.43 Å². The zero-order chi connectivity index (χ0) is 22.2. The van der Waals surface area contributed by atoms with Gasteiger partial charge in [-0.3, -0.25) is 4.79 Å². The molecular weight excluding hydrogens is 443 g/mol. The molecule has 0 unspecified atom stereocenters. The Labute approximate surface area is 197 Å². The summed E-state index contributed by atoms with van der Waals surface area (Å²) in [5.41, 5.74) is 9.13. The SMILES string of the molecule is CC(=NNC(=O)COc1ccc(Cl)cc1Cl)[C@@H]1CC2c3ccccc3C1c1ccccc12. The highest BCUT2D eigenvalue weighted by Gasteiger charge is 2.44. The van der Waals surface area contributed by atoms with Crippen molar-refractivity contribution in [2.75, 3.05) is 6.61 Å². The van der Waals surface area contributed by atoms with E-state index in [0.29, 0.717) is 21.7 Å². The van der Waals surface area contributed by atoms with E-state index in [1.54, 1.807) is 18.2 Å². The first-order chi connectivity index (χ1) is 15.5. The van der Waals surface area contributed by atoms with E-state index in [9.17, 15) is 4.79 Å². The number of carbonyl (C=O) groups is 1. The fourth-order valence-electron chi connectivity index (χ4n) is 5.05. The normalized spacial score (nSPS) is 21.0. The highest BCUT2D eigenvalue weighted by Crippen LogP contribution is 2.55. The number of hydrazone groups is 1. The first kappa shape index (κ1) is 21.0. The predicted octanol–water partition coefficient (Wildman–Crippen LogP) is 6.16. The Morgan fingerprint density at radius 2 is 1.62 bits per heavy atom. The Morgan fingerprint density at radius 1 is 1.00 bits per heavy atom. The van der Waals surface area contributed by atoms with Crippen molar-refractivity contribution in [3.05, 3.63) is 99.0 Å². The molecule has 0 fully saturated rings. The molecule has 3 aliphatic carbocycles. The minimum Gasteiger partial charge on any atom is -0.482 e. The smallest absolute Gasteiger partial charge is 0.277 e. The Kier molecular flexibility index (Phi) is 5.66. The van der Waals surface area contributed by atoms with Gasteiger partial charge in [0.15, 0.2) is 6.61 Å². The maximum atomic E-state index is 12.3. The number of amides is 1. The second-order valence-corrected chi connectivity index (χ2v) is 9.13. The molecule has 3 aromatic rings. The lowest BCUT2D eigenvalue weighted by atomic mass is 9.58.